The molecule has 0 amide bonds. The summed E-state index contributed by atoms with van der Waals surface area (Å²) in [4.78, 5) is 0. The molecule has 36 heavy (non-hydrogen) atoms. The number of halogens is 6. The molecule has 1 aliphatic rings. The van der Waals surface area contributed by atoms with Gasteiger partial charge in [0.1, 0.15) is 0 Å². The highest BCUT2D eigenvalue weighted by molar-refractivity contribution is 5.73. The molecule has 8 heteroatoms. The molecule has 1 saturated carbocycles. The molecule has 1 heterocycles. The van der Waals surface area contributed by atoms with Crippen LogP contribution in [0.4, 0.5) is 26.3 Å². The van der Waals surface area contributed by atoms with Gasteiger partial charge >= 0.3 is 12.4 Å². The van der Waals surface area contributed by atoms with E-state index in [0.717, 1.165) is 43.4 Å². The molecule has 3 aromatic rings. The maximum Gasteiger partial charge on any atom is 0.416 e. The Balaban J connectivity index is 1.84. The first-order valence-electron chi connectivity index (χ1n) is 11.9. The maximum atomic E-state index is 13.6. The Labute approximate surface area is 206 Å². The largest absolute Gasteiger partial charge is 0.416 e. The third-order valence-electron chi connectivity index (χ3n) is 6.74. The first-order chi connectivity index (χ1) is 16.9. The van der Waals surface area contributed by atoms with Crippen LogP contribution in [-0.4, -0.2) is 10.6 Å². The van der Waals surface area contributed by atoms with Gasteiger partial charge in [0.25, 0.3) is 0 Å². The van der Waals surface area contributed by atoms with Gasteiger partial charge in [-0.3, -0.25) is 0 Å². The van der Waals surface area contributed by atoms with Gasteiger partial charge in [-0.15, -0.1) is 0 Å². The normalized spacial score (nSPS) is 15.2. The molecule has 0 radical (unpaired) electrons. The van der Waals surface area contributed by atoms with E-state index in [1.807, 2.05) is 37.3 Å². The lowest BCUT2D eigenvalue weighted by Crippen LogP contribution is -2.29. The van der Waals surface area contributed by atoms with Crippen LogP contribution in [0.15, 0.2) is 61.2 Å². The number of benzene rings is 2. The lowest BCUT2D eigenvalue weighted by atomic mass is 9.95. The minimum absolute atomic E-state index is 0.145. The molecule has 1 N–H and O–H groups in total. The summed E-state index contributed by atoms with van der Waals surface area (Å²) in [5, 5.41) is 3.44. The number of nitrogens with zero attached hydrogens (tertiary/aromatic N) is 1. The van der Waals surface area contributed by atoms with E-state index in [9.17, 15) is 26.3 Å². The van der Waals surface area contributed by atoms with Crippen LogP contribution in [-0.2, 0) is 18.9 Å². The fourth-order valence-electron chi connectivity index (χ4n) is 4.83. The number of alkyl halides is 6. The van der Waals surface area contributed by atoms with E-state index in [2.05, 4.69) is 11.9 Å². The Kier molecular flexibility index (Phi) is 7.25. The second-order valence-corrected chi connectivity index (χ2v) is 9.35. The average molecular weight is 507 g/mol. The van der Waals surface area contributed by atoms with E-state index in [0.29, 0.717) is 17.0 Å². The van der Waals surface area contributed by atoms with Crippen molar-refractivity contribution in [1.82, 2.24) is 9.88 Å². The van der Waals surface area contributed by atoms with Crippen molar-refractivity contribution in [3.63, 3.8) is 0 Å². The van der Waals surface area contributed by atoms with E-state index in [1.165, 1.54) is 6.42 Å². The predicted molar refractivity (Wildman–Crippen MR) is 129 cm³/mol. The van der Waals surface area contributed by atoms with Crippen LogP contribution in [0, 0.1) is 6.92 Å². The molecule has 0 saturated heterocycles. The number of nitrogens with one attached hydrogen (secondary N) is 1. The second kappa shape index (κ2) is 10.1. The molecular weight excluding hydrogens is 478 g/mol. The monoisotopic (exact) mass is 506 g/mol. The summed E-state index contributed by atoms with van der Waals surface area (Å²) >= 11 is 0. The molecule has 4 rings (SSSR count). The summed E-state index contributed by atoms with van der Waals surface area (Å²) in [6, 6.07) is 12.9. The number of hydrogen-bond acceptors (Lipinski definition) is 1. The predicted octanol–water partition coefficient (Wildman–Crippen LogP) is 8.44. The molecule has 2 nitrogen and oxygen atoms in total. The van der Waals surface area contributed by atoms with Gasteiger partial charge in [0.2, 0.25) is 0 Å². The highest BCUT2D eigenvalue weighted by Gasteiger charge is 2.37. The second-order valence-electron chi connectivity index (χ2n) is 9.35. The van der Waals surface area contributed by atoms with Crippen molar-refractivity contribution in [1.29, 1.82) is 0 Å². The highest BCUT2D eigenvalue weighted by atomic mass is 19.4. The van der Waals surface area contributed by atoms with Gasteiger partial charge in [0, 0.05) is 35.2 Å². The topological polar surface area (TPSA) is 17.0 Å². The first kappa shape index (κ1) is 25.9. The Bertz CT molecular complexity index is 1180. The lowest BCUT2D eigenvalue weighted by molar-refractivity contribution is -0.143. The summed E-state index contributed by atoms with van der Waals surface area (Å²) in [7, 11) is 0. The maximum absolute atomic E-state index is 13.6. The summed E-state index contributed by atoms with van der Waals surface area (Å²) in [5.74, 6) is 0. The summed E-state index contributed by atoms with van der Waals surface area (Å²) < 4.78 is 83.2. The van der Waals surface area contributed by atoms with E-state index in [1.54, 1.807) is 10.6 Å². The molecule has 2 aromatic carbocycles. The van der Waals surface area contributed by atoms with Gasteiger partial charge in [0.15, 0.2) is 0 Å². The first-order valence-corrected chi connectivity index (χ1v) is 11.9. The van der Waals surface area contributed by atoms with Gasteiger partial charge in [0.05, 0.1) is 11.1 Å². The van der Waals surface area contributed by atoms with E-state index < -0.39 is 23.5 Å². The van der Waals surface area contributed by atoms with Crippen LogP contribution in [0.1, 0.15) is 60.1 Å². The molecule has 0 unspecified atom stereocenters. The van der Waals surface area contributed by atoms with Crippen molar-refractivity contribution in [2.75, 3.05) is 0 Å². The van der Waals surface area contributed by atoms with Gasteiger partial charge in [-0.1, -0.05) is 56.2 Å². The van der Waals surface area contributed by atoms with Crippen LogP contribution in [0.3, 0.4) is 0 Å². The molecular formula is C28H28F6N2. The van der Waals surface area contributed by atoms with Crippen molar-refractivity contribution in [3.05, 3.63) is 89.1 Å². The Morgan fingerprint density at radius 1 is 0.889 bits per heavy atom. The third kappa shape index (κ3) is 5.79. The Morgan fingerprint density at radius 3 is 2.03 bits per heavy atom. The molecule has 0 aliphatic heterocycles. The number of aromatic nitrogens is 1. The molecule has 0 atom stereocenters. The van der Waals surface area contributed by atoms with Crippen molar-refractivity contribution in [2.24, 2.45) is 0 Å². The molecule has 1 aromatic heterocycles. The van der Waals surface area contributed by atoms with Crippen LogP contribution in [0.2, 0.25) is 0 Å². The average Bonchev–Trinajstić information content (AvgIpc) is 3.15. The lowest BCUT2D eigenvalue weighted by Gasteiger charge is -2.25. The van der Waals surface area contributed by atoms with Gasteiger partial charge < -0.3 is 9.88 Å². The van der Waals surface area contributed by atoms with E-state index in [-0.39, 0.29) is 29.9 Å². The summed E-state index contributed by atoms with van der Waals surface area (Å²) in [5.41, 5.74) is 0.345. The minimum Gasteiger partial charge on any atom is -0.382 e. The molecule has 0 spiro atoms. The SMILES string of the molecule is C=C(NC1CCCCC1)c1cc(-c2cc(C(F)(F)F)cc(C(F)(F)F)c2)n(Cc2ccccc2)c1C. The van der Waals surface area contributed by atoms with Gasteiger partial charge in [-0.2, -0.15) is 26.3 Å². The third-order valence-corrected chi connectivity index (χ3v) is 6.74. The number of rotatable bonds is 6. The van der Waals surface area contributed by atoms with Crippen LogP contribution >= 0.6 is 0 Å². The van der Waals surface area contributed by atoms with Crippen molar-refractivity contribution < 1.29 is 26.3 Å². The molecule has 1 aliphatic carbocycles. The van der Waals surface area contributed by atoms with Crippen LogP contribution in [0.5, 0.6) is 0 Å². The van der Waals surface area contributed by atoms with Crippen LogP contribution < -0.4 is 5.32 Å². The molecule has 1 fully saturated rings. The molecule has 192 valence electrons. The standard InChI is InChI=1S/C28H28F6N2/c1-18(35-24-11-7-4-8-12-24)25-16-26(36(19(25)2)17-20-9-5-3-6-10-20)21-13-22(27(29,30)31)15-23(14-21)28(32,33)34/h3,5-6,9-10,13-16,24,35H,1,4,7-8,11-12,17H2,2H3. The smallest absolute Gasteiger partial charge is 0.382 e. The fraction of sp³-hybridized carbons (Fsp3) is 0.357. The van der Waals surface area contributed by atoms with Crippen molar-refractivity contribution in [3.8, 4) is 11.3 Å². The fourth-order valence-corrected chi connectivity index (χ4v) is 4.83. The van der Waals surface area contributed by atoms with Crippen LogP contribution in [0.25, 0.3) is 17.0 Å². The van der Waals surface area contributed by atoms with E-state index in [4.69, 9.17) is 0 Å². The summed E-state index contributed by atoms with van der Waals surface area (Å²) in [6.07, 6.45) is -4.45. The van der Waals surface area contributed by atoms with Gasteiger partial charge in [-0.25, -0.2) is 0 Å². The van der Waals surface area contributed by atoms with Crippen molar-refractivity contribution in [2.45, 2.75) is 64.0 Å². The quantitative estimate of drug-likeness (QED) is 0.332. The highest BCUT2D eigenvalue weighted by Crippen LogP contribution is 2.40. The van der Waals surface area contributed by atoms with Gasteiger partial charge in [-0.05, 0) is 55.2 Å². The Morgan fingerprint density at radius 2 is 1.47 bits per heavy atom. The summed E-state index contributed by atoms with van der Waals surface area (Å²) in [6.45, 7) is 6.27. The number of hydrogen-bond donors (Lipinski definition) is 1. The Hall–Kier alpha value is -3.16. The molecule has 0 bridgehead atoms. The van der Waals surface area contributed by atoms with E-state index >= 15 is 0 Å². The van der Waals surface area contributed by atoms with Crippen molar-refractivity contribution >= 4 is 5.70 Å². The zero-order valence-electron chi connectivity index (χ0n) is 19.9. The zero-order valence-corrected chi connectivity index (χ0v) is 19.9. The zero-order chi connectivity index (χ0) is 26.1. The minimum atomic E-state index is -4.92.